The summed E-state index contributed by atoms with van der Waals surface area (Å²) < 4.78 is 13.0. The molecule has 1 N–H and O–H groups in total. The second kappa shape index (κ2) is 9.30. The van der Waals surface area contributed by atoms with Gasteiger partial charge in [0.25, 0.3) is 11.5 Å². The van der Waals surface area contributed by atoms with Crippen molar-refractivity contribution in [1.29, 1.82) is 0 Å². The van der Waals surface area contributed by atoms with Crippen molar-refractivity contribution in [2.45, 2.75) is 39.2 Å². The van der Waals surface area contributed by atoms with Crippen LogP contribution in [0.25, 0.3) is 10.2 Å². The third kappa shape index (κ3) is 4.17. The van der Waals surface area contributed by atoms with Crippen LogP contribution in [0.4, 0.5) is 5.69 Å². The zero-order valence-corrected chi connectivity index (χ0v) is 19.9. The van der Waals surface area contributed by atoms with Crippen LogP contribution in [0.5, 0.6) is 17.2 Å². The van der Waals surface area contributed by atoms with Crippen molar-refractivity contribution >= 4 is 33.1 Å². The summed E-state index contributed by atoms with van der Waals surface area (Å²) in [6.07, 6.45) is 3.92. The fourth-order valence-electron chi connectivity index (χ4n) is 4.25. The van der Waals surface area contributed by atoms with Crippen LogP contribution in [0.1, 0.15) is 40.3 Å². The first-order chi connectivity index (χ1) is 16.5. The number of anilines is 1. The summed E-state index contributed by atoms with van der Waals surface area (Å²) in [6, 6.07) is 14.5. The highest BCUT2D eigenvalue weighted by atomic mass is 32.1. The number of thiophene rings is 1. The highest BCUT2D eigenvalue weighted by molar-refractivity contribution is 7.20. The maximum Gasteiger partial charge on any atom is 0.266 e. The Hall–Kier alpha value is -3.65. The second-order valence-electron chi connectivity index (χ2n) is 8.26. The van der Waals surface area contributed by atoms with Crippen molar-refractivity contribution in [3.8, 4) is 17.2 Å². The van der Waals surface area contributed by atoms with Crippen LogP contribution in [0.15, 0.2) is 53.3 Å². The fourth-order valence-corrected chi connectivity index (χ4v) is 5.34. The molecule has 8 heteroatoms. The zero-order chi connectivity index (χ0) is 23.7. The number of hydrogen-bond acceptors (Lipinski definition) is 6. The molecule has 0 radical (unpaired) electrons. The van der Waals surface area contributed by atoms with E-state index in [9.17, 15) is 9.59 Å². The number of rotatable bonds is 5. The van der Waals surface area contributed by atoms with Gasteiger partial charge in [0, 0.05) is 18.7 Å². The van der Waals surface area contributed by atoms with Crippen LogP contribution in [-0.2, 0) is 13.0 Å². The van der Waals surface area contributed by atoms with Crippen LogP contribution < -0.4 is 20.3 Å². The summed E-state index contributed by atoms with van der Waals surface area (Å²) in [5, 5.41) is 3.48. The monoisotopic (exact) mass is 475 g/mol. The van der Waals surface area contributed by atoms with Gasteiger partial charge in [-0.25, -0.2) is 4.98 Å². The molecule has 5 rings (SSSR count). The van der Waals surface area contributed by atoms with E-state index in [1.165, 1.54) is 11.3 Å². The van der Waals surface area contributed by atoms with E-state index in [1.807, 2.05) is 31.2 Å². The minimum absolute atomic E-state index is 0.0347. The Labute approximate surface area is 201 Å². The summed E-state index contributed by atoms with van der Waals surface area (Å²) in [6.45, 7) is 2.52. The summed E-state index contributed by atoms with van der Waals surface area (Å²) in [5.41, 5.74) is 1.29. The molecule has 1 amide bonds. The van der Waals surface area contributed by atoms with Crippen LogP contribution >= 0.6 is 11.3 Å². The van der Waals surface area contributed by atoms with Gasteiger partial charge in [0.2, 0.25) is 0 Å². The molecule has 0 atom stereocenters. The molecule has 0 spiro atoms. The van der Waals surface area contributed by atoms with Gasteiger partial charge in [-0.2, -0.15) is 0 Å². The summed E-state index contributed by atoms with van der Waals surface area (Å²) >= 11 is 1.28. The van der Waals surface area contributed by atoms with Crippen LogP contribution in [0, 0.1) is 6.92 Å². The number of hydrogen-bond donors (Lipinski definition) is 1. The number of fused-ring (bicyclic) bond motifs is 2. The number of carbonyl (C=O) groups is 1. The molecular formula is C26H25N3O4S. The van der Waals surface area contributed by atoms with Crippen molar-refractivity contribution in [2.24, 2.45) is 0 Å². The Balaban J connectivity index is 1.37. The Morgan fingerprint density at radius 3 is 2.59 bits per heavy atom. The molecule has 3 heterocycles. The number of para-hydroxylation sites is 2. The first-order valence-corrected chi connectivity index (χ1v) is 12.1. The third-order valence-corrected chi connectivity index (χ3v) is 7.21. The Kier molecular flexibility index (Phi) is 6.06. The SMILES string of the molecule is COc1ccccc1Oc1ccc(NC(=O)c2sc3nc4n(c(=O)c3c2C)CCCCC4)cc1. The van der Waals surface area contributed by atoms with Gasteiger partial charge in [0.15, 0.2) is 11.5 Å². The molecule has 1 aliphatic heterocycles. The number of methoxy groups -OCH3 is 1. The molecule has 0 bridgehead atoms. The number of carbonyl (C=O) groups excluding carboxylic acids is 1. The third-order valence-electron chi connectivity index (χ3n) is 6.03. The lowest BCUT2D eigenvalue weighted by Gasteiger charge is -2.10. The van der Waals surface area contributed by atoms with Gasteiger partial charge in [0.05, 0.1) is 17.4 Å². The van der Waals surface area contributed by atoms with Gasteiger partial charge < -0.3 is 14.8 Å². The average Bonchev–Trinajstić information content (AvgIpc) is 3.01. The fraction of sp³-hybridized carbons (Fsp3) is 0.269. The van der Waals surface area contributed by atoms with Crippen molar-refractivity contribution in [3.05, 3.63) is 75.1 Å². The van der Waals surface area contributed by atoms with Crippen molar-refractivity contribution < 1.29 is 14.3 Å². The lowest BCUT2D eigenvalue weighted by atomic mass is 10.2. The van der Waals surface area contributed by atoms with E-state index >= 15 is 0 Å². The van der Waals surface area contributed by atoms with Gasteiger partial charge >= 0.3 is 0 Å². The second-order valence-corrected chi connectivity index (χ2v) is 9.26. The van der Waals surface area contributed by atoms with Crippen molar-refractivity contribution in [3.63, 3.8) is 0 Å². The number of aryl methyl sites for hydroxylation is 2. The van der Waals surface area contributed by atoms with Gasteiger partial charge in [0.1, 0.15) is 16.4 Å². The molecule has 7 nitrogen and oxygen atoms in total. The van der Waals surface area contributed by atoms with Gasteiger partial charge in [-0.05, 0) is 61.7 Å². The first kappa shape index (κ1) is 22.2. The predicted molar refractivity (Wildman–Crippen MR) is 134 cm³/mol. The number of amides is 1. The van der Waals surface area contributed by atoms with Gasteiger partial charge in [-0.1, -0.05) is 18.6 Å². The number of ether oxygens (including phenoxy) is 2. The van der Waals surface area contributed by atoms with E-state index in [0.717, 1.165) is 31.5 Å². The maximum absolute atomic E-state index is 13.1. The van der Waals surface area contributed by atoms with E-state index in [4.69, 9.17) is 14.5 Å². The van der Waals surface area contributed by atoms with E-state index in [2.05, 4.69) is 5.32 Å². The summed E-state index contributed by atoms with van der Waals surface area (Å²) in [4.78, 5) is 32.1. The molecule has 1 aliphatic rings. The highest BCUT2D eigenvalue weighted by Gasteiger charge is 2.22. The number of nitrogens with one attached hydrogen (secondary N) is 1. The lowest BCUT2D eigenvalue weighted by molar-refractivity contribution is 0.103. The quantitative estimate of drug-likeness (QED) is 0.409. The number of aromatic nitrogens is 2. The van der Waals surface area contributed by atoms with Gasteiger partial charge in [-0.15, -0.1) is 11.3 Å². The molecule has 0 saturated heterocycles. The van der Waals surface area contributed by atoms with Gasteiger partial charge in [-0.3, -0.25) is 14.2 Å². The predicted octanol–water partition coefficient (Wildman–Crippen LogP) is 5.55. The molecule has 0 fully saturated rings. The molecular weight excluding hydrogens is 450 g/mol. The number of benzene rings is 2. The standard InChI is InChI=1S/C26H25N3O4S/c1-16-22-25(28-21-10-4-3-7-15-29(21)26(22)31)34-23(16)24(30)27-17-11-13-18(14-12-17)33-20-9-6-5-8-19(20)32-2/h5-6,8-9,11-14H,3-4,7,10,15H2,1-2H3,(H,27,30). The van der Waals surface area contributed by atoms with Crippen molar-refractivity contribution in [2.75, 3.05) is 12.4 Å². The Morgan fingerprint density at radius 1 is 1.06 bits per heavy atom. The lowest BCUT2D eigenvalue weighted by Crippen LogP contribution is -2.24. The van der Waals surface area contributed by atoms with E-state index in [-0.39, 0.29) is 11.5 Å². The Morgan fingerprint density at radius 2 is 1.82 bits per heavy atom. The minimum Gasteiger partial charge on any atom is -0.493 e. The smallest absolute Gasteiger partial charge is 0.266 e. The molecule has 2 aromatic carbocycles. The van der Waals surface area contributed by atoms with Crippen LogP contribution in [0.3, 0.4) is 0 Å². The summed E-state index contributed by atoms with van der Waals surface area (Å²) in [7, 11) is 1.59. The summed E-state index contributed by atoms with van der Waals surface area (Å²) in [5.74, 6) is 2.45. The van der Waals surface area contributed by atoms with Crippen LogP contribution in [0.2, 0.25) is 0 Å². The maximum atomic E-state index is 13.1. The molecule has 0 saturated carbocycles. The minimum atomic E-state index is -0.251. The van der Waals surface area contributed by atoms with E-state index in [0.29, 0.717) is 50.1 Å². The van der Waals surface area contributed by atoms with E-state index in [1.54, 1.807) is 35.9 Å². The van der Waals surface area contributed by atoms with Crippen molar-refractivity contribution in [1.82, 2.24) is 9.55 Å². The molecule has 2 aromatic heterocycles. The highest BCUT2D eigenvalue weighted by Crippen LogP contribution is 2.32. The number of nitrogens with zero attached hydrogens (tertiary/aromatic N) is 2. The average molecular weight is 476 g/mol. The molecule has 0 unspecified atom stereocenters. The first-order valence-electron chi connectivity index (χ1n) is 11.3. The largest absolute Gasteiger partial charge is 0.493 e. The molecule has 34 heavy (non-hydrogen) atoms. The molecule has 174 valence electrons. The molecule has 0 aliphatic carbocycles. The topological polar surface area (TPSA) is 82.4 Å². The van der Waals surface area contributed by atoms with Crippen LogP contribution in [-0.4, -0.2) is 22.6 Å². The Bertz CT molecular complexity index is 1420. The zero-order valence-electron chi connectivity index (χ0n) is 19.1. The van der Waals surface area contributed by atoms with E-state index < -0.39 is 0 Å². The molecule has 4 aromatic rings. The normalized spacial score (nSPS) is 13.2.